The predicted octanol–water partition coefficient (Wildman–Crippen LogP) is 1.68. The normalized spacial score (nSPS) is 16.8. The van der Waals surface area contributed by atoms with Gasteiger partial charge < -0.3 is 15.0 Å². The second kappa shape index (κ2) is 5.09. The van der Waals surface area contributed by atoms with Crippen LogP contribution < -0.4 is 4.90 Å². The van der Waals surface area contributed by atoms with Crippen molar-refractivity contribution in [1.29, 1.82) is 0 Å². The molecule has 0 aliphatic carbocycles. The van der Waals surface area contributed by atoms with Crippen molar-refractivity contribution in [1.82, 2.24) is 9.97 Å². The van der Waals surface area contributed by atoms with Gasteiger partial charge in [-0.2, -0.15) is 0 Å². The summed E-state index contributed by atoms with van der Waals surface area (Å²) in [5.41, 5.74) is 1.47. The van der Waals surface area contributed by atoms with Crippen molar-refractivity contribution in [2.75, 3.05) is 24.6 Å². The molecule has 7 heteroatoms. The summed E-state index contributed by atoms with van der Waals surface area (Å²) in [6, 6.07) is 4.63. The smallest absolute Gasteiger partial charge is 0.271 e. The molecule has 0 spiro atoms. The van der Waals surface area contributed by atoms with E-state index in [1.54, 1.807) is 6.07 Å². The topological polar surface area (TPSA) is 95.3 Å². The van der Waals surface area contributed by atoms with Gasteiger partial charge in [-0.25, -0.2) is 4.98 Å². The number of benzene rings is 1. The van der Waals surface area contributed by atoms with E-state index < -0.39 is 4.92 Å². The van der Waals surface area contributed by atoms with Crippen molar-refractivity contribution in [3.8, 4) is 0 Å². The summed E-state index contributed by atoms with van der Waals surface area (Å²) in [4.78, 5) is 20.1. The molecule has 20 heavy (non-hydrogen) atoms. The quantitative estimate of drug-likeness (QED) is 0.657. The van der Waals surface area contributed by atoms with Gasteiger partial charge in [-0.05, 0) is 24.8 Å². The van der Waals surface area contributed by atoms with Gasteiger partial charge in [0.15, 0.2) is 0 Å². The average molecular weight is 276 g/mol. The van der Waals surface area contributed by atoms with Crippen LogP contribution in [0.25, 0.3) is 11.0 Å². The Labute approximate surface area is 115 Å². The second-order valence-electron chi connectivity index (χ2n) is 5.13. The van der Waals surface area contributed by atoms with E-state index in [1.165, 1.54) is 12.1 Å². The van der Waals surface area contributed by atoms with Crippen LogP contribution in [0, 0.1) is 16.0 Å². The molecule has 0 radical (unpaired) electrons. The van der Waals surface area contributed by atoms with E-state index >= 15 is 0 Å². The first kappa shape index (κ1) is 12.9. The van der Waals surface area contributed by atoms with Gasteiger partial charge in [-0.1, -0.05) is 0 Å². The highest BCUT2D eigenvalue weighted by Crippen LogP contribution is 2.25. The lowest BCUT2D eigenvalue weighted by Crippen LogP contribution is -2.35. The number of hydrogen-bond acceptors (Lipinski definition) is 5. The Morgan fingerprint density at radius 2 is 2.20 bits per heavy atom. The van der Waals surface area contributed by atoms with Gasteiger partial charge in [0.05, 0.1) is 16.0 Å². The first-order valence-electron chi connectivity index (χ1n) is 6.67. The van der Waals surface area contributed by atoms with Crippen molar-refractivity contribution in [3.63, 3.8) is 0 Å². The number of nitrogens with one attached hydrogen (secondary N) is 1. The van der Waals surface area contributed by atoms with E-state index in [1.807, 2.05) is 0 Å². The fourth-order valence-corrected chi connectivity index (χ4v) is 2.57. The van der Waals surface area contributed by atoms with E-state index in [2.05, 4.69) is 14.9 Å². The molecule has 7 nitrogen and oxygen atoms in total. The summed E-state index contributed by atoms with van der Waals surface area (Å²) in [5, 5.41) is 19.9. The maximum absolute atomic E-state index is 10.8. The molecular formula is C13H16N4O3. The van der Waals surface area contributed by atoms with Crippen LogP contribution in [0.4, 0.5) is 11.6 Å². The van der Waals surface area contributed by atoms with E-state index in [-0.39, 0.29) is 12.3 Å². The minimum Gasteiger partial charge on any atom is -0.396 e. The Morgan fingerprint density at radius 3 is 2.85 bits per heavy atom. The van der Waals surface area contributed by atoms with Gasteiger partial charge in [0.1, 0.15) is 0 Å². The zero-order valence-electron chi connectivity index (χ0n) is 11.0. The molecule has 3 rings (SSSR count). The molecule has 1 aliphatic rings. The third-order valence-electron chi connectivity index (χ3n) is 3.84. The number of nitro groups is 1. The summed E-state index contributed by atoms with van der Waals surface area (Å²) in [7, 11) is 0. The molecule has 1 fully saturated rings. The molecule has 2 N–H and O–H groups in total. The van der Waals surface area contributed by atoms with Crippen molar-refractivity contribution in [2.45, 2.75) is 12.8 Å². The summed E-state index contributed by atoms with van der Waals surface area (Å²) in [5.74, 6) is 1.12. The highest BCUT2D eigenvalue weighted by molar-refractivity contribution is 5.80. The Morgan fingerprint density at radius 1 is 1.45 bits per heavy atom. The lowest BCUT2D eigenvalue weighted by Gasteiger charge is -2.30. The Balaban J connectivity index is 1.84. The summed E-state index contributed by atoms with van der Waals surface area (Å²) >= 11 is 0. The number of fused-ring (bicyclic) bond motifs is 1. The molecule has 0 saturated carbocycles. The van der Waals surface area contributed by atoms with Crippen LogP contribution in [0.1, 0.15) is 12.8 Å². The molecule has 2 heterocycles. The number of aromatic amines is 1. The van der Waals surface area contributed by atoms with E-state index in [0.717, 1.165) is 37.4 Å². The maximum Gasteiger partial charge on any atom is 0.271 e. The highest BCUT2D eigenvalue weighted by atomic mass is 16.6. The van der Waals surface area contributed by atoms with Gasteiger partial charge in [-0.3, -0.25) is 10.1 Å². The Bertz CT molecular complexity index is 632. The maximum atomic E-state index is 10.8. The molecular weight excluding hydrogens is 260 g/mol. The number of rotatable bonds is 3. The number of piperidine rings is 1. The van der Waals surface area contributed by atoms with Gasteiger partial charge >= 0.3 is 0 Å². The van der Waals surface area contributed by atoms with E-state index in [9.17, 15) is 10.1 Å². The molecule has 1 aromatic heterocycles. The summed E-state index contributed by atoms with van der Waals surface area (Å²) < 4.78 is 0. The largest absolute Gasteiger partial charge is 0.396 e. The number of H-pyrrole nitrogens is 1. The van der Waals surface area contributed by atoms with Crippen LogP contribution in [0.5, 0.6) is 0 Å². The molecule has 1 aromatic carbocycles. The number of nitro benzene ring substituents is 1. The van der Waals surface area contributed by atoms with Crippen molar-refractivity contribution in [2.24, 2.45) is 5.92 Å². The molecule has 0 unspecified atom stereocenters. The lowest BCUT2D eigenvalue weighted by atomic mass is 9.98. The molecule has 0 amide bonds. The van der Waals surface area contributed by atoms with Gasteiger partial charge in [-0.15, -0.1) is 0 Å². The third kappa shape index (κ3) is 2.32. The van der Waals surface area contributed by atoms with E-state index in [4.69, 9.17) is 5.11 Å². The van der Waals surface area contributed by atoms with Gasteiger partial charge in [0.2, 0.25) is 5.95 Å². The lowest BCUT2D eigenvalue weighted by molar-refractivity contribution is -0.384. The summed E-state index contributed by atoms with van der Waals surface area (Å²) in [6.45, 7) is 1.92. The minimum atomic E-state index is -0.410. The fraction of sp³-hybridized carbons (Fsp3) is 0.462. The van der Waals surface area contributed by atoms with Crippen LogP contribution in [-0.4, -0.2) is 39.7 Å². The van der Waals surface area contributed by atoms with Crippen LogP contribution in [0.15, 0.2) is 18.2 Å². The van der Waals surface area contributed by atoms with Crippen LogP contribution in [0.2, 0.25) is 0 Å². The third-order valence-corrected chi connectivity index (χ3v) is 3.84. The first-order chi connectivity index (χ1) is 9.67. The van der Waals surface area contributed by atoms with Crippen molar-refractivity contribution in [3.05, 3.63) is 28.3 Å². The summed E-state index contributed by atoms with van der Waals surface area (Å²) in [6.07, 6.45) is 1.88. The highest BCUT2D eigenvalue weighted by Gasteiger charge is 2.21. The zero-order valence-corrected chi connectivity index (χ0v) is 11.0. The Hall–Kier alpha value is -2.15. The average Bonchev–Trinajstić information content (AvgIpc) is 2.90. The number of anilines is 1. The monoisotopic (exact) mass is 276 g/mol. The van der Waals surface area contributed by atoms with Crippen molar-refractivity contribution < 1.29 is 10.0 Å². The van der Waals surface area contributed by atoms with Gasteiger partial charge in [0, 0.05) is 31.8 Å². The first-order valence-corrected chi connectivity index (χ1v) is 6.67. The number of non-ortho nitro benzene ring substituents is 1. The fourth-order valence-electron chi connectivity index (χ4n) is 2.57. The minimum absolute atomic E-state index is 0.0617. The number of aromatic nitrogens is 2. The van der Waals surface area contributed by atoms with Crippen LogP contribution in [-0.2, 0) is 0 Å². The zero-order chi connectivity index (χ0) is 14.1. The molecule has 106 valence electrons. The number of aliphatic hydroxyl groups is 1. The molecule has 0 bridgehead atoms. The van der Waals surface area contributed by atoms with E-state index in [0.29, 0.717) is 11.4 Å². The molecule has 1 saturated heterocycles. The second-order valence-corrected chi connectivity index (χ2v) is 5.13. The standard InChI is InChI=1S/C13H16N4O3/c18-8-9-3-5-16(6-4-9)13-14-11-2-1-10(17(19)20)7-12(11)15-13/h1-2,7,9,18H,3-6,8H2,(H,14,15). The number of hydrogen-bond donors (Lipinski definition) is 2. The molecule has 2 aromatic rings. The van der Waals surface area contributed by atoms with Crippen LogP contribution in [0.3, 0.4) is 0 Å². The Kier molecular flexibility index (Phi) is 3.27. The van der Waals surface area contributed by atoms with Crippen LogP contribution >= 0.6 is 0 Å². The number of nitrogens with zero attached hydrogens (tertiary/aromatic N) is 3. The molecule has 0 atom stereocenters. The van der Waals surface area contributed by atoms with Crippen molar-refractivity contribution >= 4 is 22.7 Å². The number of imidazole rings is 1. The van der Waals surface area contributed by atoms with Gasteiger partial charge in [0.25, 0.3) is 5.69 Å². The SMILES string of the molecule is O=[N+]([O-])c1ccc2nc(N3CCC(CO)CC3)[nH]c2c1. The molecule has 1 aliphatic heterocycles. The predicted molar refractivity (Wildman–Crippen MR) is 74.8 cm³/mol. The number of aliphatic hydroxyl groups excluding tert-OH is 1.